The Morgan fingerprint density at radius 3 is 2.36 bits per heavy atom. The van der Waals surface area contributed by atoms with Crippen LogP contribution in [0.15, 0.2) is 71.4 Å². The van der Waals surface area contributed by atoms with Crippen molar-refractivity contribution in [3.63, 3.8) is 0 Å². The summed E-state index contributed by atoms with van der Waals surface area (Å²) in [5, 5.41) is 14.1. The fourth-order valence-electron chi connectivity index (χ4n) is 4.21. The Bertz CT molecular complexity index is 1150. The third-order valence-electron chi connectivity index (χ3n) is 5.95. The lowest BCUT2D eigenvalue weighted by Gasteiger charge is -2.30. The van der Waals surface area contributed by atoms with Crippen molar-refractivity contribution in [2.45, 2.75) is 80.1 Å². The van der Waals surface area contributed by atoms with E-state index in [9.17, 15) is 5.26 Å². The molecule has 6 heteroatoms. The number of hydrogen-bond acceptors (Lipinski definition) is 5. The van der Waals surface area contributed by atoms with Crippen LogP contribution in [-0.2, 0) is 4.74 Å². The minimum absolute atomic E-state index is 0.200. The lowest BCUT2D eigenvalue weighted by molar-refractivity contribution is 0.281. The van der Waals surface area contributed by atoms with E-state index in [1.165, 1.54) is 24.7 Å². The van der Waals surface area contributed by atoms with E-state index < -0.39 is 0 Å². The largest absolute Gasteiger partial charge is 0.445 e. The van der Waals surface area contributed by atoms with Gasteiger partial charge in [0.1, 0.15) is 30.1 Å². The maximum Gasteiger partial charge on any atom is 0.205 e. The first-order valence-electron chi connectivity index (χ1n) is 12.9. The van der Waals surface area contributed by atoms with Gasteiger partial charge in [-0.3, -0.25) is 0 Å². The van der Waals surface area contributed by atoms with Crippen molar-refractivity contribution in [2.24, 2.45) is 23.0 Å². The second-order valence-electron chi connectivity index (χ2n) is 11.7. The van der Waals surface area contributed by atoms with Gasteiger partial charge < -0.3 is 10.5 Å². The smallest absolute Gasteiger partial charge is 0.205 e. The van der Waals surface area contributed by atoms with Crippen LogP contribution < -0.4 is 5.73 Å². The highest BCUT2D eigenvalue weighted by atomic mass is 16.5. The van der Waals surface area contributed by atoms with Gasteiger partial charge in [-0.05, 0) is 73.1 Å². The number of hydrogen-bond donors (Lipinski definition) is 1. The molecule has 1 aliphatic heterocycles. The summed E-state index contributed by atoms with van der Waals surface area (Å²) in [4.78, 5) is 4.01. The average molecular weight is 488 g/mol. The average Bonchev–Trinajstić information content (AvgIpc) is 3.48. The fraction of sp³-hybridized carbons (Fsp3) is 0.500. The lowest BCUT2D eigenvalue weighted by atomic mass is 9.78. The molecule has 36 heavy (non-hydrogen) atoms. The number of nitrogens with two attached hydrogens (primary N) is 1. The Labute approximate surface area is 216 Å². The first-order chi connectivity index (χ1) is 17.0. The zero-order valence-corrected chi connectivity index (χ0v) is 22.9. The molecule has 0 amide bonds. The Morgan fingerprint density at radius 1 is 1.22 bits per heavy atom. The van der Waals surface area contributed by atoms with Crippen LogP contribution in [0.25, 0.3) is 5.69 Å². The molecule has 0 radical (unpaired) electrons. The van der Waals surface area contributed by atoms with Crippen LogP contribution in [0, 0.1) is 28.6 Å². The van der Waals surface area contributed by atoms with Gasteiger partial charge in [0.25, 0.3) is 0 Å². The van der Waals surface area contributed by atoms with E-state index in [0.717, 1.165) is 35.4 Å². The fourth-order valence-corrected chi connectivity index (χ4v) is 4.21. The molecular weight excluding hydrogens is 446 g/mol. The van der Waals surface area contributed by atoms with E-state index in [1.807, 2.05) is 31.2 Å². The Morgan fingerprint density at radius 2 is 1.86 bits per heavy atom. The minimum Gasteiger partial charge on any atom is -0.445 e. The molecule has 1 aromatic heterocycles. The molecule has 4 rings (SSSR count). The van der Waals surface area contributed by atoms with Gasteiger partial charge in [-0.2, -0.15) is 10.4 Å². The topological polar surface area (TPSA) is 89.8 Å². The highest BCUT2D eigenvalue weighted by molar-refractivity contribution is 5.56. The van der Waals surface area contributed by atoms with Crippen LogP contribution in [0.2, 0.25) is 0 Å². The van der Waals surface area contributed by atoms with Crippen LogP contribution in [-0.4, -0.2) is 14.8 Å². The number of ether oxygens (including phenoxy) is 1. The Kier molecular flexibility index (Phi) is 8.79. The summed E-state index contributed by atoms with van der Waals surface area (Å²) in [6, 6.07) is 10.4. The normalized spacial score (nSPS) is 18.5. The number of benzene rings is 1. The highest BCUT2D eigenvalue weighted by Gasteiger charge is 2.38. The zero-order chi connectivity index (χ0) is 26.5. The van der Waals surface area contributed by atoms with E-state index in [0.29, 0.717) is 22.8 Å². The quantitative estimate of drug-likeness (QED) is 0.447. The molecule has 192 valence electrons. The number of allylic oxidation sites excluding steroid dienone is 5. The summed E-state index contributed by atoms with van der Waals surface area (Å²) in [5.41, 5.74) is 11.5. The lowest BCUT2D eigenvalue weighted by Crippen LogP contribution is -2.21. The van der Waals surface area contributed by atoms with Crippen molar-refractivity contribution in [3.05, 3.63) is 76.9 Å². The predicted molar refractivity (Wildman–Crippen MR) is 145 cm³/mol. The van der Waals surface area contributed by atoms with Gasteiger partial charge in [0, 0.05) is 5.57 Å². The molecule has 1 atom stereocenters. The van der Waals surface area contributed by atoms with Gasteiger partial charge in [0.15, 0.2) is 0 Å². The molecule has 1 unspecified atom stereocenters. The van der Waals surface area contributed by atoms with Gasteiger partial charge in [-0.1, -0.05) is 59.8 Å². The van der Waals surface area contributed by atoms with Crippen molar-refractivity contribution in [1.82, 2.24) is 14.8 Å². The number of aromatic nitrogens is 3. The number of nitrogens with zero attached hydrogens (tertiary/aromatic N) is 4. The molecule has 0 saturated heterocycles. The standard InChI is InChI=1S/C25H29N5O.C5H12/c1-16(2)5-4-6-21(18-7-8-18)23-17(3)31-25(27)22(13-26)24(23)19-9-11-20(12-10-19)30-15-28-14-29-30;1-5(2,3)4/h6,9-12,14-16,18,24H,4-5,7-8,27H2,1-3H3;1-4H3/b21-6+;. The third-order valence-corrected chi connectivity index (χ3v) is 5.95. The van der Waals surface area contributed by atoms with Crippen molar-refractivity contribution in [3.8, 4) is 11.8 Å². The third kappa shape index (κ3) is 7.34. The molecule has 0 spiro atoms. The molecule has 1 saturated carbocycles. The van der Waals surface area contributed by atoms with E-state index in [-0.39, 0.29) is 11.8 Å². The molecule has 1 aliphatic carbocycles. The van der Waals surface area contributed by atoms with Crippen molar-refractivity contribution < 1.29 is 4.74 Å². The highest BCUT2D eigenvalue weighted by Crippen LogP contribution is 2.49. The first-order valence-corrected chi connectivity index (χ1v) is 12.9. The van der Waals surface area contributed by atoms with E-state index >= 15 is 0 Å². The summed E-state index contributed by atoms with van der Waals surface area (Å²) < 4.78 is 7.59. The van der Waals surface area contributed by atoms with E-state index in [1.54, 1.807) is 11.0 Å². The van der Waals surface area contributed by atoms with Crippen LogP contribution in [0.4, 0.5) is 0 Å². The Hall–Kier alpha value is -3.33. The molecule has 2 heterocycles. The molecule has 1 fully saturated rings. The SMILES string of the molecule is CC(C)(C)C.CC1=C(/C(=C/CCC(C)C)C2CC2)C(c2ccc(-n3cncn3)cc2)C(C#N)=C(N)O1. The van der Waals surface area contributed by atoms with E-state index in [2.05, 4.69) is 63.8 Å². The Balaban J connectivity index is 0.000000658. The molecule has 6 nitrogen and oxygen atoms in total. The molecule has 0 bridgehead atoms. The van der Waals surface area contributed by atoms with Crippen LogP contribution in [0.5, 0.6) is 0 Å². The van der Waals surface area contributed by atoms with Crippen LogP contribution >= 0.6 is 0 Å². The van der Waals surface area contributed by atoms with Crippen molar-refractivity contribution in [2.75, 3.05) is 0 Å². The second kappa shape index (κ2) is 11.6. The van der Waals surface area contributed by atoms with Gasteiger partial charge in [-0.25, -0.2) is 9.67 Å². The minimum atomic E-state index is -0.227. The number of nitriles is 1. The summed E-state index contributed by atoms with van der Waals surface area (Å²) in [5.74, 6) is 1.96. The maximum atomic E-state index is 9.95. The summed E-state index contributed by atoms with van der Waals surface area (Å²) in [6.45, 7) is 15.2. The van der Waals surface area contributed by atoms with Gasteiger partial charge in [-0.15, -0.1) is 0 Å². The van der Waals surface area contributed by atoms with Gasteiger partial charge in [0.05, 0.1) is 11.6 Å². The van der Waals surface area contributed by atoms with Crippen molar-refractivity contribution in [1.29, 1.82) is 5.26 Å². The molecule has 2 aliphatic rings. The summed E-state index contributed by atoms with van der Waals surface area (Å²) in [7, 11) is 0. The molecule has 1 aromatic carbocycles. The van der Waals surface area contributed by atoms with Crippen LogP contribution in [0.1, 0.15) is 85.6 Å². The van der Waals surface area contributed by atoms with Crippen LogP contribution in [0.3, 0.4) is 0 Å². The second-order valence-corrected chi connectivity index (χ2v) is 11.7. The summed E-state index contributed by atoms with van der Waals surface area (Å²) in [6.07, 6.45) is 10.1. The monoisotopic (exact) mass is 487 g/mol. The predicted octanol–water partition coefficient (Wildman–Crippen LogP) is 7.17. The maximum absolute atomic E-state index is 9.95. The number of rotatable bonds is 7. The van der Waals surface area contributed by atoms with Gasteiger partial charge in [0.2, 0.25) is 5.88 Å². The van der Waals surface area contributed by atoms with Gasteiger partial charge >= 0.3 is 0 Å². The molecule has 2 aromatic rings. The summed E-state index contributed by atoms with van der Waals surface area (Å²) >= 11 is 0. The van der Waals surface area contributed by atoms with Crippen molar-refractivity contribution >= 4 is 0 Å². The molecular formula is C30H41N5O. The molecule has 2 N–H and O–H groups in total. The zero-order valence-electron chi connectivity index (χ0n) is 22.9. The first kappa shape index (κ1) is 27.3. The van der Waals surface area contributed by atoms with E-state index in [4.69, 9.17) is 10.5 Å².